The molecule has 3 N–H and O–H groups in total. The number of amides is 1. The van der Waals surface area contributed by atoms with Crippen LogP contribution in [0.3, 0.4) is 0 Å². The van der Waals surface area contributed by atoms with Gasteiger partial charge >= 0.3 is 0 Å². The van der Waals surface area contributed by atoms with Crippen LogP contribution in [0.1, 0.15) is 15.4 Å². The number of fused-ring (bicyclic) bond motifs is 1. The van der Waals surface area contributed by atoms with Crippen LogP contribution in [-0.2, 0) is 0 Å². The molecule has 0 unspecified atom stereocenters. The van der Waals surface area contributed by atoms with Crippen LogP contribution in [0, 0.1) is 11.7 Å². The lowest BCUT2D eigenvalue weighted by Crippen LogP contribution is -2.13. The molecule has 0 aliphatic heterocycles. The first-order valence-electron chi connectivity index (χ1n) is 8.10. The molecule has 8 heteroatoms. The van der Waals surface area contributed by atoms with Crippen molar-refractivity contribution < 1.29 is 4.79 Å². The van der Waals surface area contributed by atoms with E-state index in [9.17, 15) is 9.59 Å². The molecule has 0 saturated carbocycles. The Morgan fingerprint density at radius 1 is 1.19 bits per heavy atom. The van der Waals surface area contributed by atoms with Gasteiger partial charge < -0.3 is 10.3 Å². The van der Waals surface area contributed by atoms with Gasteiger partial charge in [-0.3, -0.25) is 14.6 Å². The van der Waals surface area contributed by atoms with Gasteiger partial charge in [-0.15, -0.1) is 11.3 Å². The minimum Gasteiger partial charge on any atom is -0.332 e. The van der Waals surface area contributed by atoms with Crippen molar-refractivity contribution in [2.45, 2.75) is 6.92 Å². The Morgan fingerprint density at radius 3 is 2.81 bits per heavy atom. The number of H-pyrrole nitrogens is 2. The molecule has 0 atom stereocenters. The Labute approximate surface area is 162 Å². The minimum absolute atomic E-state index is 0.219. The summed E-state index contributed by atoms with van der Waals surface area (Å²) < 4.78 is 0.219. The van der Waals surface area contributed by atoms with Gasteiger partial charge in [-0.1, -0.05) is 12.1 Å². The molecule has 2 heterocycles. The number of aromatic amines is 2. The van der Waals surface area contributed by atoms with E-state index in [1.54, 1.807) is 29.5 Å². The molecular formula is C19H14N4O2S2. The molecule has 0 saturated heterocycles. The fraction of sp³-hybridized carbons (Fsp3) is 0.0526. The van der Waals surface area contributed by atoms with Crippen molar-refractivity contribution in [1.29, 1.82) is 0 Å². The number of hydrogen-bond donors (Lipinski definition) is 3. The fourth-order valence-corrected chi connectivity index (χ4v) is 3.59. The number of nitrogens with zero attached hydrogens (tertiary/aromatic N) is 1. The molecule has 0 aliphatic carbocycles. The van der Waals surface area contributed by atoms with E-state index in [0.29, 0.717) is 22.2 Å². The summed E-state index contributed by atoms with van der Waals surface area (Å²) in [4.78, 5) is 34.4. The molecule has 0 bridgehead atoms. The van der Waals surface area contributed by atoms with Gasteiger partial charge in [-0.05, 0) is 49.5 Å². The molecule has 6 nitrogen and oxygen atoms in total. The molecule has 134 valence electrons. The fourth-order valence-electron chi connectivity index (χ4n) is 2.77. The zero-order valence-electron chi connectivity index (χ0n) is 14.2. The predicted octanol–water partition coefficient (Wildman–Crippen LogP) is 4.27. The first-order valence-corrected chi connectivity index (χ1v) is 9.39. The molecule has 4 rings (SSSR count). The lowest BCUT2D eigenvalue weighted by molar-refractivity contribution is 0.102. The van der Waals surface area contributed by atoms with Crippen molar-refractivity contribution in [3.63, 3.8) is 0 Å². The molecule has 4 aromatic rings. The zero-order chi connectivity index (χ0) is 19.0. The minimum atomic E-state index is -0.285. The second-order valence-electron chi connectivity index (χ2n) is 5.96. The maximum atomic E-state index is 12.6. The summed E-state index contributed by atoms with van der Waals surface area (Å²) in [7, 11) is 0. The Morgan fingerprint density at radius 2 is 2.04 bits per heavy atom. The molecule has 1 amide bonds. The van der Waals surface area contributed by atoms with Gasteiger partial charge in [0.15, 0.2) is 4.77 Å². The number of rotatable bonds is 3. The summed E-state index contributed by atoms with van der Waals surface area (Å²) in [6.45, 7) is 1.95. The molecular weight excluding hydrogens is 380 g/mol. The Hall–Kier alpha value is -3.10. The SMILES string of the molecule is Cc1nc(-c2cccc(NC(=O)c3ccc4c(=O)[nH]c(=S)[nH]c4c3)c2)cs1. The van der Waals surface area contributed by atoms with Gasteiger partial charge in [0.05, 0.1) is 21.6 Å². The van der Waals surface area contributed by atoms with Crippen LogP contribution < -0.4 is 10.9 Å². The highest BCUT2D eigenvalue weighted by molar-refractivity contribution is 7.71. The summed E-state index contributed by atoms with van der Waals surface area (Å²) >= 11 is 6.57. The summed E-state index contributed by atoms with van der Waals surface area (Å²) in [5, 5.41) is 6.30. The monoisotopic (exact) mass is 394 g/mol. The topological polar surface area (TPSA) is 90.6 Å². The maximum Gasteiger partial charge on any atom is 0.259 e. The van der Waals surface area contributed by atoms with Crippen LogP contribution in [-0.4, -0.2) is 20.9 Å². The molecule has 0 fully saturated rings. The van der Waals surface area contributed by atoms with Gasteiger partial charge in [0.25, 0.3) is 11.5 Å². The van der Waals surface area contributed by atoms with E-state index in [2.05, 4.69) is 20.3 Å². The number of benzene rings is 2. The first kappa shape index (κ1) is 17.3. The van der Waals surface area contributed by atoms with E-state index in [1.165, 1.54) is 0 Å². The average Bonchev–Trinajstić information content (AvgIpc) is 3.08. The van der Waals surface area contributed by atoms with Crippen molar-refractivity contribution >= 4 is 46.1 Å². The van der Waals surface area contributed by atoms with Gasteiger partial charge in [0.2, 0.25) is 0 Å². The quantitative estimate of drug-likeness (QED) is 0.453. The first-order chi connectivity index (χ1) is 13.0. The van der Waals surface area contributed by atoms with Crippen molar-refractivity contribution in [1.82, 2.24) is 15.0 Å². The number of aromatic nitrogens is 3. The third kappa shape index (κ3) is 3.57. The number of carbonyl (C=O) groups excluding carboxylic acids is 1. The third-order valence-corrected chi connectivity index (χ3v) is 5.01. The zero-order valence-corrected chi connectivity index (χ0v) is 15.8. The van der Waals surface area contributed by atoms with Crippen LogP contribution in [0.15, 0.2) is 52.6 Å². The van der Waals surface area contributed by atoms with E-state index in [1.807, 2.05) is 36.6 Å². The van der Waals surface area contributed by atoms with Gasteiger partial charge in [0, 0.05) is 22.2 Å². The number of anilines is 1. The second kappa shape index (κ2) is 6.90. The standard InChI is InChI=1S/C19H14N4O2S2/c1-10-20-16(9-27-10)11-3-2-4-13(7-11)21-17(24)12-5-6-14-15(8-12)22-19(26)23-18(14)25/h2-9H,1H3,(H,21,24)(H2,22,23,25,26). The molecule has 27 heavy (non-hydrogen) atoms. The predicted molar refractivity (Wildman–Crippen MR) is 110 cm³/mol. The normalized spacial score (nSPS) is 10.9. The van der Waals surface area contributed by atoms with E-state index in [0.717, 1.165) is 16.3 Å². The lowest BCUT2D eigenvalue weighted by atomic mass is 10.1. The van der Waals surface area contributed by atoms with Crippen molar-refractivity contribution in [3.8, 4) is 11.3 Å². The smallest absolute Gasteiger partial charge is 0.259 e. The highest BCUT2D eigenvalue weighted by atomic mass is 32.1. The maximum absolute atomic E-state index is 12.6. The molecule has 0 radical (unpaired) electrons. The Bertz CT molecular complexity index is 1290. The molecule has 0 aliphatic rings. The largest absolute Gasteiger partial charge is 0.332 e. The van der Waals surface area contributed by atoms with Gasteiger partial charge in [0.1, 0.15) is 0 Å². The van der Waals surface area contributed by atoms with Crippen LogP contribution in [0.5, 0.6) is 0 Å². The summed E-state index contributed by atoms with van der Waals surface area (Å²) in [5.74, 6) is -0.275. The van der Waals surface area contributed by atoms with Crippen LogP contribution >= 0.6 is 23.6 Å². The van der Waals surface area contributed by atoms with Crippen LogP contribution in [0.4, 0.5) is 5.69 Å². The molecule has 2 aromatic heterocycles. The van der Waals surface area contributed by atoms with Crippen molar-refractivity contribution in [3.05, 3.63) is 73.5 Å². The molecule has 0 spiro atoms. The van der Waals surface area contributed by atoms with E-state index in [-0.39, 0.29) is 16.2 Å². The Balaban J connectivity index is 1.63. The summed E-state index contributed by atoms with van der Waals surface area (Å²) in [6, 6.07) is 12.3. The van der Waals surface area contributed by atoms with Crippen molar-refractivity contribution in [2.24, 2.45) is 0 Å². The molecule has 2 aromatic carbocycles. The number of hydrogen-bond acceptors (Lipinski definition) is 5. The highest BCUT2D eigenvalue weighted by Gasteiger charge is 2.10. The number of aryl methyl sites for hydroxylation is 1. The van der Waals surface area contributed by atoms with E-state index < -0.39 is 0 Å². The highest BCUT2D eigenvalue weighted by Crippen LogP contribution is 2.24. The number of nitrogens with one attached hydrogen (secondary N) is 3. The lowest BCUT2D eigenvalue weighted by Gasteiger charge is -2.07. The second-order valence-corrected chi connectivity index (χ2v) is 7.43. The van der Waals surface area contributed by atoms with Crippen LogP contribution in [0.25, 0.3) is 22.2 Å². The average molecular weight is 394 g/mol. The Kier molecular flexibility index (Phi) is 4.43. The number of carbonyl (C=O) groups is 1. The van der Waals surface area contributed by atoms with E-state index in [4.69, 9.17) is 12.2 Å². The number of thiazole rings is 1. The van der Waals surface area contributed by atoms with Gasteiger partial charge in [-0.2, -0.15) is 0 Å². The van der Waals surface area contributed by atoms with Gasteiger partial charge in [-0.25, -0.2) is 4.98 Å². The van der Waals surface area contributed by atoms with Crippen molar-refractivity contribution in [2.75, 3.05) is 5.32 Å². The summed E-state index contributed by atoms with van der Waals surface area (Å²) in [5.41, 5.74) is 3.14. The van der Waals surface area contributed by atoms with E-state index >= 15 is 0 Å². The summed E-state index contributed by atoms with van der Waals surface area (Å²) in [6.07, 6.45) is 0. The van der Waals surface area contributed by atoms with Crippen LogP contribution in [0.2, 0.25) is 0 Å². The third-order valence-electron chi connectivity index (χ3n) is 4.04.